The van der Waals surface area contributed by atoms with Gasteiger partial charge in [-0.1, -0.05) is 26.8 Å². The number of imidazole rings is 1. The number of pyridine rings is 1. The van der Waals surface area contributed by atoms with Crippen LogP contribution in [-0.2, 0) is 0 Å². The summed E-state index contributed by atoms with van der Waals surface area (Å²) in [5.41, 5.74) is -0.370. The average Bonchev–Trinajstić information content (AvgIpc) is 3.23. The molecule has 7 heteroatoms. The molecule has 1 aliphatic carbocycles. The van der Waals surface area contributed by atoms with E-state index in [1.807, 2.05) is 16.7 Å². The van der Waals surface area contributed by atoms with E-state index < -0.39 is 23.5 Å². The minimum absolute atomic E-state index is 0.177. The molecule has 0 aromatic carbocycles. The molecule has 1 atom stereocenters. The van der Waals surface area contributed by atoms with Gasteiger partial charge in [0.1, 0.15) is 6.04 Å². The standard InChI is InChI=1S/C17H20F3N3O/c1-16(2,3)15(17(18,19)20)22-14(24)12-11-6-4-5-9-23(11)13(21-12)10-7-8-10/h4-6,9-10,15H,7-8H2,1-3H3,(H,22,24)/p+1/t15-/m1/s1. The Bertz CT molecular complexity index is 755. The molecular weight excluding hydrogens is 319 g/mol. The van der Waals surface area contributed by atoms with Crippen LogP contribution in [0, 0.1) is 5.41 Å². The number of H-pyrrole nitrogens is 1. The molecule has 2 heterocycles. The normalized spacial score (nSPS) is 17.1. The van der Waals surface area contributed by atoms with Crippen LogP contribution in [0.15, 0.2) is 24.4 Å². The summed E-state index contributed by atoms with van der Waals surface area (Å²) in [7, 11) is 0. The van der Waals surface area contributed by atoms with Crippen LogP contribution in [0.2, 0.25) is 0 Å². The number of hydrogen-bond donors (Lipinski definition) is 2. The number of rotatable bonds is 3. The number of nitrogens with one attached hydrogen (secondary N) is 2. The van der Waals surface area contributed by atoms with Crippen LogP contribution in [0.3, 0.4) is 0 Å². The lowest BCUT2D eigenvalue weighted by Gasteiger charge is -2.32. The second kappa shape index (κ2) is 5.50. The molecule has 1 saturated carbocycles. The third-order valence-corrected chi connectivity index (χ3v) is 4.29. The van der Waals surface area contributed by atoms with E-state index in [1.165, 1.54) is 20.8 Å². The second-order valence-corrected chi connectivity index (χ2v) is 7.43. The first-order valence-electron chi connectivity index (χ1n) is 7.99. The summed E-state index contributed by atoms with van der Waals surface area (Å²) >= 11 is 0. The van der Waals surface area contributed by atoms with Gasteiger partial charge in [-0.3, -0.25) is 4.79 Å². The minimum Gasteiger partial charge on any atom is -0.337 e. The molecule has 2 aromatic heterocycles. The van der Waals surface area contributed by atoms with E-state index in [1.54, 1.807) is 12.1 Å². The predicted molar refractivity (Wildman–Crippen MR) is 82.7 cm³/mol. The molecule has 1 fully saturated rings. The van der Waals surface area contributed by atoms with Gasteiger partial charge in [0.2, 0.25) is 5.69 Å². The van der Waals surface area contributed by atoms with Gasteiger partial charge < -0.3 is 5.32 Å². The number of carbonyl (C=O) groups excluding carboxylic acids is 1. The minimum atomic E-state index is -4.51. The number of aromatic amines is 1. The van der Waals surface area contributed by atoms with Crippen LogP contribution in [0.25, 0.3) is 5.52 Å². The Balaban J connectivity index is 1.97. The van der Waals surface area contributed by atoms with Gasteiger partial charge in [-0.05, 0) is 30.4 Å². The predicted octanol–water partition coefficient (Wildman–Crippen LogP) is 3.34. The summed E-state index contributed by atoms with van der Waals surface area (Å²) in [6.07, 6.45) is -0.651. The van der Waals surface area contributed by atoms with E-state index in [0.717, 1.165) is 18.7 Å². The van der Waals surface area contributed by atoms with Gasteiger partial charge in [0.15, 0.2) is 5.52 Å². The van der Waals surface area contributed by atoms with Gasteiger partial charge in [-0.2, -0.15) is 17.6 Å². The molecule has 130 valence electrons. The number of aromatic nitrogens is 2. The molecule has 1 aliphatic rings. The largest absolute Gasteiger partial charge is 0.409 e. The SMILES string of the molecule is CC(C)(C)[C@@H](NC(=O)c1[nH]c(C2CC2)[n+]2ccccc12)C(F)(F)F. The third-order valence-electron chi connectivity index (χ3n) is 4.29. The average molecular weight is 340 g/mol. The highest BCUT2D eigenvalue weighted by atomic mass is 19.4. The lowest BCUT2D eigenvalue weighted by molar-refractivity contribution is -0.521. The fourth-order valence-corrected chi connectivity index (χ4v) is 2.93. The summed E-state index contributed by atoms with van der Waals surface area (Å²) < 4.78 is 41.8. The maximum Gasteiger partial charge on any atom is 0.409 e. The van der Waals surface area contributed by atoms with E-state index >= 15 is 0 Å². The topological polar surface area (TPSA) is 49.0 Å². The van der Waals surface area contributed by atoms with Crippen molar-refractivity contribution in [3.05, 3.63) is 35.9 Å². The zero-order chi connectivity index (χ0) is 17.7. The van der Waals surface area contributed by atoms with Crippen LogP contribution in [0.5, 0.6) is 0 Å². The molecule has 0 bridgehead atoms. The van der Waals surface area contributed by atoms with Crippen LogP contribution in [0.1, 0.15) is 55.8 Å². The van der Waals surface area contributed by atoms with Crippen molar-refractivity contribution in [2.75, 3.05) is 0 Å². The molecule has 0 saturated heterocycles. The van der Waals surface area contributed by atoms with Crippen molar-refractivity contribution in [1.82, 2.24) is 10.3 Å². The number of halogens is 3. The Hall–Kier alpha value is -2.05. The fraction of sp³-hybridized carbons (Fsp3) is 0.529. The molecule has 24 heavy (non-hydrogen) atoms. The van der Waals surface area contributed by atoms with E-state index in [4.69, 9.17) is 0 Å². The smallest absolute Gasteiger partial charge is 0.337 e. The molecule has 0 unspecified atom stereocenters. The van der Waals surface area contributed by atoms with Gasteiger partial charge in [0.25, 0.3) is 11.7 Å². The van der Waals surface area contributed by atoms with Crippen LogP contribution in [-0.4, -0.2) is 23.1 Å². The van der Waals surface area contributed by atoms with Gasteiger partial charge >= 0.3 is 6.18 Å². The van der Waals surface area contributed by atoms with E-state index in [9.17, 15) is 18.0 Å². The van der Waals surface area contributed by atoms with Crippen molar-refractivity contribution in [3.63, 3.8) is 0 Å². The molecular formula is C17H21F3N3O+. The van der Waals surface area contributed by atoms with Gasteiger partial charge in [-0.25, -0.2) is 4.98 Å². The van der Waals surface area contributed by atoms with Crippen molar-refractivity contribution in [2.24, 2.45) is 5.41 Å². The van der Waals surface area contributed by atoms with Gasteiger partial charge in [0.05, 0.1) is 12.1 Å². The Morgan fingerprint density at radius 3 is 2.50 bits per heavy atom. The summed E-state index contributed by atoms with van der Waals surface area (Å²) in [6.45, 7) is 4.38. The molecule has 2 N–H and O–H groups in total. The van der Waals surface area contributed by atoms with E-state index in [-0.39, 0.29) is 5.69 Å². The Morgan fingerprint density at radius 2 is 1.96 bits per heavy atom. The lowest BCUT2D eigenvalue weighted by atomic mass is 9.86. The van der Waals surface area contributed by atoms with Gasteiger partial charge in [-0.15, -0.1) is 0 Å². The molecule has 0 spiro atoms. The van der Waals surface area contributed by atoms with Crippen LogP contribution < -0.4 is 9.72 Å². The highest BCUT2D eigenvalue weighted by Gasteiger charge is 2.48. The first-order chi connectivity index (χ1) is 11.1. The molecule has 2 aromatic rings. The molecule has 0 aliphatic heterocycles. The maximum absolute atomic E-state index is 13.3. The number of carbonyl (C=O) groups is 1. The number of fused-ring (bicyclic) bond motifs is 1. The van der Waals surface area contributed by atoms with E-state index in [0.29, 0.717) is 11.4 Å². The number of hydrogen-bond acceptors (Lipinski definition) is 1. The molecule has 3 rings (SSSR count). The Labute approximate surface area is 138 Å². The third kappa shape index (κ3) is 3.12. The summed E-state index contributed by atoms with van der Waals surface area (Å²) in [5, 5.41) is 2.17. The first kappa shape index (κ1) is 16.8. The fourth-order valence-electron chi connectivity index (χ4n) is 2.93. The number of nitrogens with zero attached hydrogens (tertiary/aromatic N) is 1. The molecule has 1 amide bonds. The van der Waals surface area contributed by atoms with Crippen molar-refractivity contribution in [3.8, 4) is 0 Å². The zero-order valence-electron chi connectivity index (χ0n) is 13.9. The molecule has 0 radical (unpaired) electrons. The lowest BCUT2D eigenvalue weighted by Crippen LogP contribution is -2.53. The highest BCUT2D eigenvalue weighted by Crippen LogP contribution is 2.38. The van der Waals surface area contributed by atoms with Crippen LogP contribution >= 0.6 is 0 Å². The quantitative estimate of drug-likeness (QED) is 0.827. The number of amides is 1. The van der Waals surface area contributed by atoms with Crippen molar-refractivity contribution < 1.29 is 22.4 Å². The van der Waals surface area contributed by atoms with Crippen molar-refractivity contribution in [2.45, 2.75) is 51.7 Å². The van der Waals surface area contributed by atoms with Gasteiger partial charge in [0, 0.05) is 0 Å². The zero-order valence-corrected chi connectivity index (χ0v) is 13.9. The van der Waals surface area contributed by atoms with Crippen molar-refractivity contribution >= 4 is 11.4 Å². The second-order valence-electron chi connectivity index (χ2n) is 7.43. The summed E-state index contributed by atoms with van der Waals surface area (Å²) in [5.74, 6) is 0.473. The van der Waals surface area contributed by atoms with Crippen molar-refractivity contribution in [1.29, 1.82) is 0 Å². The Morgan fingerprint density at radius 1 is 1.29 bits per heavy atom. The number of alkyl halides is 3. The first-order valence-corrected chi connectivity index (χ1v) is 7.99. The summed E-state index contributed by atoms with van der Waals surface area (Å²) in [6, 6.07) is 3.41. The molecule has 4 nitrogen and oxygen atoms in total. The highest BCUT2D eigenvalue weighted by molar-refractivity contribution is 5.98. The monoisotopic (exact) mass is 340 g/mol. The summed E-state index contributed by atoms with van der Waals surface area (Å²) in [4.78, 5) is 15.6. The Kier molecular flexibility index (Phi) is 3.85. The maximum atomic E-state index is 13.3. The van der Waals surface area contributed by atoms with Crippen LogP contribution in [0.4, 0.5) is 13.2 Å². The van der Waals surface area contributed by atoms with E-state index in [2.05, 4.69) is 10.3 Å².